The van der Waals surface area contributed by atoms with Gasteiger partial charge in [0.05, 0.1) is 0 Å². The molecule has 2 rings (SSSR count). The number of rotatable bonds is 3. The number of hydrogen-bond donors (Lipinski definition) is 1. The summed E-state index contributed by atoms with van der Waals surface area (Å²) in [5.74, 6) is -0.268. The summed E-state index contributed by atoms with van der Waals surface area (Å²) in [6.07, 6.45) is 2.41. The van der Waals surface area contributed by atoms with Crippen molar-refractivity contribution in [3.63, 3.8) is 0 Å². The third kappa shape index (κ3) is 3.95. The monoisotopic (exact) mass is 256 g/mol. The number of likely N-dealkylation sites (N-methyl/N-ethyl adjacent to an activating group) is 1. The predicted octanol–water partition coefficient (Wildman–Crippen LogP) is 2.66. The van der Waals surface area contributed by atoms with Crippen LogP contribution in [0.25, 0.3) is 0 Å². The molecule has 1 unspecified atom stereocenters. The van der Waals surface area contributed by atoms with Gasteiger partial charge in [-0.2, -0.15) is 0 Å². The maximum Gasteiger partial charge on any atom is 0.125 e. The maximum absolute atomic E-state index is 13.1. The van der Waals surface area contributed by atoms with Gasteiger partial charge in [0.2, 0.25) is 0 Å². The molecule has 1 aromatic rings. The molecule has 0 aromatic heterocycles. The highest BCUT2D eigenvalue weighted by Crippen LogP contribution is 2.15. The zero-order chi connectivity index (χ0) is 12.3. The van der Waals surface area contributed by atoms with Crippen LogP contribution in [0.15, 0.2) is 18.2 Å². The Morgan fingerprint density at radius 3 is 3.00 bits per heavy atom. The van der Waals surface area contributed by atoms with Crippen LogP contribution in [0.1, 0.15) is 18.4 Å². The first-order chi connectivity index (χ1) is 8.13. The van der Waals surface area contributed by atoms with Gasteiger partial charge in [0.15, 0.2) is 0 Å². The first-order valence-electron chi connectivity index (χ1n) is 6.00. The Morgan fingerprint density at radius 1 is 1.47 bits per heavy atom. The van der Waals surface area contributed by atoms with E-state index in [9.17, 15) is 4.39 Å². The van der Waals surface area contributed by atoms with E-state index >= 15 is 0 Å². The number of benzene rings is 1. The second-order valence-corrected chi connectivity index (χ2v) is 5.20. The van der Waals surface area contributed by atoms with E-state index in [0.717, 1.165) is 12.1 Å². The van der Waals surface area contributed by atoms with Gasteiger partial charge in [-0.3, -0.25) is 0 Å². The fourth-order valence-electron chi connectivity index (χ4n) is 2.31. The smallest absolute Gasteiger partial charge is 0.125 e. The summed E-state index contributed by atoms with van der Waals surface area (Å²) in [6, 6.07) is 5.17. The molecule has 0 saturated carbocycles. The van der Waals surface area contributed by atoms with E-state index in [4.69, 9.17) is 11.6 Å². The van der Waals surface area contributed by atoms with E-state index in [-0.39, 0.29) is 5.82 Å². The van der Waals surface area contributed by atoms with Crippen LogP contribution in [-0.2, 0) is 6.54 Å². The van der Waals surface area contributed by atoms with Gasteiger partial charge in [-0.05, 0) is 50.2 Å². The normalized spacial score (nSPS) is 21.7. The number of piperidine rings is 1. The molecule has 4 heteroatoms. The Bertz CT molecular complexity index is 363. The highest BCUT2D eigenvalue weighted by molar-refractivity contribution is 6.30. The van der Waals surface area contributed by atoms with E-state index in [0.29, 0.717) is 17.6 Å². The summed E-state index contributed by atoms with van der Waals surface area (Å²) in [6.45, 7) is 2.91. The molecule has 17 heavy (non-hydrogen) atoms. The van der Waals surface area contributed by atoms with Crippen molar-refractivity contribution >= 4 is 11.6 Å². The summed E-state index contributed by atoms with van der Waals surface area (Å²) in [5, 5.41) is 3.92. The number of nitrogens with one attached hydrogen (secondary N) is 1. The lowest BCUT2D eigenvalue weighted by atomic mass is 10.1. The third-order valence-electron chi connectivity index (χ3n) is 3.14. The molecule has 1 saturated heterocycles. The first-order valence-corrected chi connectivity index (χ1v) is 6.38. The fourth-order valence-corrected chi connectivity index (χ4v) is 2.55. The zero-order valence-corrected chi connectivity index (χ0v) is 10.8. The fraction of sp³-hybridized carbons (Fsp3) is 0.538. The van der Waals surface area contributed by atoms with Crippen molar-refractivity contribution in [2.75, 3.05) is 20.1 Å². The summed E-state index contributed by atoms with van der Waals surface area (Å²) in [7, 11) is 2.13. The number of hydrogen-bond acceptors (Lipinski definition) is 2. The van der Waals surface area contributed by atoms with Gasteiger partial charge in [0, 0.05) is 24.2 Å². The van der Waals surface area contributed by atoms with Crippen molar-refractivity contribution in [2.45, 2.75) is 25.4 Å². The molecule has 1 fully saturated rings. The van der Waals surface area contributed by atoms with Crippen LogP contribution in [-0.4, -0.2) is 31.1 Å². The molecule has 2 nitrogen and oxygen atoms in total. The summed E-state index contributed by atoms with van der Waals surface area (Å²) >= 11 is 5.82. The van der Waals surface area contributed by atoms with Crippen molar-refractivity contribution in [3.8, 4) is 0 Å². The van der Waals surface area contributed by atoms with Crippen LogP contribution in [0, 0.1) is 5.82 Å². The second-order valence-electron chi connectivity index (χ2n) is 4.76. The summed E-state index contributed by atoms with van der Waals surface area (Å²) in [5.41, 5.74) is 0.906. The highest BCUT2D eigenvalue weighted by Gasteiger charge is 2.16. The number of likely N-dealkylation sites (tertiary alicyclic amines) is 1. The molecule has 0 radical (unpaired) electrons. The first kappa shape index (κ1) is 12.8. The number of nitrogens with zero attached hydrogens (tertiary/aromatic N) is 1. The number of halogens is 2. The van der Waals surface area contributed by atoms with Crippen molar-refractivity contribution in [1.82, 2.24) is 10.2 Å². The Kier molecular flexibility index (Phi) is 4.37. The van der Waals surface area contributed by atoms with Crippen LogP contribution in [0.5, 0.6) is 0 Å². The van der Waals surface area contributed by atoms with E-state index in [2.05, 4.69) is 17.3 Å². The standard InChI is InChI=1S/C13H18ClFN2/c1-17-4-2-3-13(9-17)16-8-10-5-11(14)7-12(15)6-10/h5-7,13,16H,2-4,8-9H2,1H3. The molecule has 1 heterocycles. The Balaban J connectivity index is 1.88. The van der Waals surface area contributed by atoms with Crippen LogP contribution in [0.2, 0.25) is 5.02 Å². The second kappa shape index (κ2) is 5.80. The zero-order valence-electron chi connectivity index (χ0n) is 10.0. The van der Waals surface area contributed by atoms with E-state index in [1.165, 1.54) is 31.5 Å². The minimum Gasteiger partial charge on any atom is -0.309 e. The summed E-state index contributed by atoms with van der Waals surface area (Å²) < 4.78 is 13.1. The molecular weight excluding hydrogens is 239 g/mol. The molecule has 1 aliphatic heterocycles. The van der Waals surface area contributed by atoms with Crippen molar-refractivity contribution < 1.29 is 4.39 Å². The maximum atomic E-state index is 13.1. The minimum atomic E-state index is -0.268. The minimum absolute atomic E-state index is 0.268. The van der Waals surface area contributed by atoms with Gasteiger partial charge in [-0.1, -0.05) is 11.6 Å². The van der Waals surface area contributed by atoms with Crippen LogP contribution < -0.4 is 5.32 Å². The van der Waals surface area contributed by atoms with Crippen molar-refractivity contribution in [2.24, 2.45) is 0 Å². The van der Waals surface area contributed by atoms with Crippen LogP contribution in [0.3, 0.4) is 0 Å². The molecule has 0 amide bonds. The van der Waals surface area contributed by atoms with Gasteiger partial charge < -0.3 is 10.2 Å². The van der Waals surface area contributed by atoms with Gasteiger partial charge in [-0.15, -0.1) is 0 Å². The van der Waals surface area contributed by atoms with Gasteiger partial charge in [-0.25, -0.2) is 4.39 Å². The van der Waals surface area contributed by atoms with Crippen LogP contribution in [0.4, 0.5) is 4.39 Å². The van der Waals surface area contributed by atoms with Gasteiger partial charge >= 0.3 is 0 Å². The molecule has 1 atom stereocenters. The molecule has 94 valence electrons. The molecule has 0 aliphatic carbocycles. The molecule has 1 aromatic carbocycles. The third-order valence-corrected chi connectivity index (χ3v) is 3.36. The lowest BCUT2D eigenvalue weighted by Gasteiger charge is -2.30. The highest BCUT2D eigenvalue weighted by atomic mass is 35.5. The molecule has 1 N–H and O–H groups in total. The lowest BCUT2D eigenvalue weighted by Crippen LogP contribution is -2.43. The topological polar surface area (TPSA) is 15.3 Å². The van der Waals surface area contributed by atoms with Gasteiger partial charge in [0.25, 0.3) is 0 Å². The average molecular weight is 257 g/mol. The molecular formula is C13H18ClFN2. The average Bonchev–Trinajstić information content (AvgIpc) is 2.25. The Morgan fingerprint density at radius 2 is 2.29 bits per heavy atom. The summed E-state index contributed by atoms with van der Waals surface area (Å²) in [4.78, 5) is 2.32. The van der Waals surface area contributed by atoms with Gasteiger partial charge in [0.1, 0.15) is 5.82 Å². The van der Waals surface area contributed by atoms with E-state index < -0.39 is 0 Å². The quantitative estimate of drug-likeness (QED) is 0.895. The Hall–Kier alpha value is -0.640. The SMILES string of the molecule is CN1CCCC(NCc2cc(F)cc(Cl)c2)C1. The largest absolute Gasteiger partial charge is 0.309 e. The molecule has 1 aliphatic rings. The predicted molar refractivity (Wildman–Crippen MR) is 68.8 cm³/mol. The van der Waals surface area contributed by atoms with Crippen LogP contribution >= 0.6 is 11.6 Å². The lowest BCUT2D eigenvalue weighted by molar-refractivity contribution is 0.226. The van der Waals surface area contributed by atoms with E-state index in [1.807, 2.05) is 6.07 Å². The van der Waals surface area contributed by atoms with E-state index in [1.54, 1.807) is 0 Å². The van der Waals surface area contributed by atoms with Crippen molar-refractivity contribution in [3.05, 3.63) is 34.6 Å². The molecule has 0 bridgehead atoms. The van der Waals surface area contributed by atoms with Crippen molar-refractivity contribution in [1.29, 1.82) is 0 Å². The Labute approximate surface area is 107 Å². The molecule has 0 spiro atoms.